The van der Waals surface area contributed by atoms with Gasteiger partial charge in [-0.05, 0) is 30.5 Å². The van der Waals surface area contributed by atoms with E-state index in [1.807, 2.05) is 18.3 Å². The van der Waals surface area contributed by atoms with E-state index >= 15 is 0 Å². The highest BCUT2D eigenvalue weighted by atomic mass is 16.3. The molecule has 0 atom stereocenters. The summed E-state index contributed by atoms with van der Waals surface area (Å²) in [7, 11) is 0. The summed E-state index contributed by atoms with van der Waals surface area (Å²) in [6.07, 6.45) is 3.47. The van der Waals surface area contributed by atoms with Crippen LogP contribution < -0.4 is 5.32 Å². The van der Waals surface area contributed by atoms with E-state index in [0.29, 0.717) is 13.1 Å². The molecule has 6 nitrogen and oxygen atoms in total. The van der Waals surface area contributed by atoms with Gasteiger partial charge in [0.1, 0.15) is 5.69 Å². The molecular formula is C14H20N4O2. The smallest absolute Gasteiger partial charge is 0.102 e. The van der Waals surface area contributed by atoms with Gasteiger partial charge in [0, 0.05) is 12.3 Å². The molecule has 3 N–H and O–H groups in total. The number of benzene rings is 1. The van der Waals surface area contributed by atoms with Gasteiger partial charge in [-0.2, -0.15) is 0 Å². The van der Waals surface area contributed by atoms with E-state index in [2.05, 4.69) is 27.8 Å². The zero-order valence-corrected chi connectivity index (χ0v) is 11.4. The molecule has 2 rings (SSSR count). The Morgan fingerprint density at radius 2 is 2.10 bits per heavy atom. The average molecular weight is 276 g/mol. The second-order valence-corrected chi connectivity index (χ2v) is 4.58. The SMILES string of the molecule is OCCCc1cccc(NCc2cn(CCO)nn2)c1. The molecule has 2 aromatic rings. The summed E-state index contributed by atoms with van der Waals surface area (Å²) in [5.74, 6) is 0. The second kappa shape index (κ2) is 7.62. The van der Waals surface area contributed by atoms with Crippen molar-refractivity contribution in [1.82, 2.24) is 15.0 Å². The van der Waals surface area contributed by atoms with Crippen molar-refractivity contribution < 1.29 is 10.2 Å². The Morgan fingerprint density at radius 1 is 1.20 bits per heavy atom. The maximum absolute atomic E-state index is 8.84. The lowest BCUT2D eigenvalue weighted by Gasteiger charge is -2.06. The molecular weight excluding hydrogens is 256 g/mol. The van der Waals surface area contributed by atoms with Crippen molar-refractivity contribution in [2.45, 2.75) is 25.9 Å². The van der Waals surface area contributed by atoms with E-state index in [9.17, 15) is 0 Å². The largest absolute Gasteiger partial charge is 0.396 e. The first-order chi connectivity index (χ1) is 9.81. The Kier molecular flexibility index (Phi) is 5.52. The molecule has 0 saturated carbocycles. The maximum Gasteiger partial charge on any atom is 0.102 e. The van der Waals surface area contributed by atoms with Gasteiger partial charge >= 0.3 is 0 Å². The highest BCUT2D eigenvalue weighted by Crippen LogP contribution is 2.13. The summed E-state index contributed by atoms with van der Waals surface area (Å²) >= 11 is 0. The lowest BCUT2D eigenvalue weighted by Crippen LogP contribution is -2.02. The van der Waals surface area contributed by atoms with Crippen LogP contribution in [0.4, 0.5) is 5.69 Å². The standard InChI is InChI=1S/C14H20N4O2/c19-7-2-4-12-3-1-5-13(9-12)15-10-14-11-18(6-8-20)17-16-14/h1,3,5,9,11,15,19-20H,2,4,6-8,10H2. The fraction of sp³-hybridized carbons (Fsp3) is 0.429. The first kappa shape index (κ1) is 14.5. The predicted octanol–water partition coefficient (Wildman–Crippen LogP) is 0.807. The summed E-state index contributed by atoms with van der Waals surface area (Å²) in [6, 6.07) is 8.13. The molecule has 20 heavy (non-hydrogen) atoms. The minimum atomic E-state index is 0.0587. The van der Waals surface area contributed by atoms with Crippen LogP contribution in [0.25, 0.3) is 0 Å². The molecule has 0 fully saturated rings. The Labute approximate surface area is 118 Å². The first-order valence-corrected chi connectivity index (χ1v) is 6.75. The normalized spacial score (nSPS) is 10.7. The van der Waals surface area contributed by atoms with Gasteiger partial charge in [-0.15, -0.1) is 5.10 Å². The number of aliphatic hydroxyl groups is 2. The molecule has 1 aromatic heterocycles. The summed E-state index contributed by atoms with van der Waals surface area (Å²) in [5, 5.41) is 28.9. The molecule has 0 aliphatic carbocycles. The van der Waals surface area contributed by atoms with Crippen molar-refractivity contribution in [1.29, 1.82) is 0 Å². The van der Waals surface area contributed by atoms with Crippen molar-refractivity contribution >= 4 is 5.69 Å². The van der Waals surface area contributed by atoms with Crippen molar-refractivity contribution in [3.63, 3.8) is 0 Å². The lowest BCUT2D eigenvalue weighted by molar-refractivity contribution is 0.268. The Balaban J connectivity index is 1.89. The molecule has 0 unspecified atom stereocenters. The number of anilines is 1. The number of aryl methyl sites for hydroxylation is 1. The van der Waals surface area contributed by atoms with Crippen LogP contribution in [-0.2, 0) is 19.5 Å². The van der Waals surface area contributed by atoms with E-state index < -0.39 is 0 Å². The second-order valence-electron chi connectivity index (χ2n) is 4.58. The lowest BCUT2D eigenvalue weighted by atomic mass is 10.1. The van der Waals surface area contributed by atoms with E-state index in [-0.39, 0.29) is 13.2 Å². The van der Waals surface area contributed by atoms with Gasteiger partial charge in [0.05, 0.1) is 25.9 Å². The molecule has 0 amide bonds. The molecule has 1 heterocycles. The molecule has 1 aromatic carbocycles. The van der Waals surface area contributed by atoms with Gasteiger partial charge in [-0.25, -0.2) is 4.68 Å². The number of nitrogens with one attached hydrogen (secondary N) is 1. The van der Waals surface area contributed by atoms with Crippen LogP contribution in [0.2, 0.25) is 0 Å². The number of aliphatic hydroxyl groups excluding tert-OH is 2. The molecule has 6 heteroatoms. The molecule has 0 saturated heterocycles. The van der Waals surface area contributed by atoms with Crippen molar-refractivity contribution in [2.24, 2.45) is 0 Å². The minimum absolute atomic E-state index is 0.0587. The molecule has 0 aliphatic heterocycles. The summed E-state index contributed by atoms with van der Waals surface area (Å²) in [6.45, 7) is 1.33. The van der Waals surface area contributed by atoms with E-state index in [1.165, 1.54) is 5.56 Å². The van der Waals surface area contributed by atoms with Crippen LogP contribution >= 0.6 is 0 Å². The quantitative estimate of drug-likeness (QED) is 0.664. The third-order valence-electron chi connectivity index (χ3n) is 2.94. The van der Waals surface area contributed by atoms with Crippen molar-refractivity contribution in [2.75, 3.05) is 18.5 Å². The van der Waals surface area contributed by atoms with Gasteiger partial charge in [0.25, 0.3) is 0 Å². The Bertz CT molecular complexity index is 527. The average Bonchev–Trinajstić information content (AvgIpc) is 2.92. The van der Waals surface area contributed by atoms with Crippen LogP contribution in [-0.4, -0.2) is 38.4 Å². The maximum atomic E-state index is 8.84. The molecule has 0 aliphatic rings. The number of aromatic nitrogens is 3. The monoisotopic (exact) mass is 276 g/mol. The number of nitrogens with zero attached hydrogens (tertiary/aromatic N) is 3. The highest BCUT2D eigenvalue weighted by Gasteiger charge is 2.01. The number of hydrogen-bond acceptors (Lipinski definition) is 5. The Hall–Kier alpha value is -1.92. The third kappa shape index (κ3) is 4.32. The van der Waals surface area contributed by atoms with Crippen LogP contribution in [0, 0.1) is 0 Å². The first-order valence-electron chi connectivity index (χ1n) is 6.75. The van der Waals surface area contributed by atoms with Gasteiger partial charge in [-0.3, -0.25) is 0 Å². The molecule has 0 bridgehead atoms. The summed E-state index contributed by atoms with van der Waals surface area (Å²) in [4.78, 5) is 0. The van der Waals surface area contributed by atoms with E-state index in [0.717, 1.165) is 24.2 Å². The van der Waals surface area contributed by atoms with Gasteiger partial charge in [0.15, 0.2) is 0 Å². The zero-order valence-electron chi connectivity index (χ0n) is 11.4. The van der Waals surface area contributed by atoms with E-state index in [1.54, 1.807) is 4.68 Å². The summed E-state index contributed by atoms with van der Waals surface area (Å²) < 4.78 is 1.62. The Morgan fingerprint density at radius 3 is 2.90 bits per heavy atom. The predicted molar refractivity (Wildman–Crippen MR) is 76.3 cm³/mol. The minimum Gasteiger partial charge on any atom is -0.396 e. The van der Waals surface area contributed by atoms with E-state index in [4.69, 9.17) is 10.2 Å². The van der Waals surface area contributed by atoms with Crippen LogP contribution in [0.5, 0.6) is 0 Å². The molecule has 108 valence electrons. The van der Waals surface area contributed by atoms with Crippen molar-refractivity contribution in [3.05, 3.63) is 41.7 Å². The van der Waals surface area contributed by atoms with Gasteiger partial charge in [-0.1, -0.05) is 17.3 Å². The van der Waals surface area contributed by atoms with Gasteiger partial charge in [0.2, 0.25) is 0 Å². The van der Waals surface area contributed by atoms with Gasteiger partial charge < -0.3 is 15.5 Å². The van der Waals surface area contributed by atoms with Crippen LogP contribution in [0.15, 0.2) is 30.5 Å². The molecule has 0 spiro atoms. The highest BCUT2D eigenvalue weighted by molar-refractivity contribution is 5.45. The topological polar surface area (TPSA) is 83.2 Å². The summed E-state index contributed by atoms with van der Waals surface area (Å²) in [5.41, 5.74) is 3.06. The van der Waals surface area contributed by atoms with Crippen LogP contribution in [0.3, 0.4) is 0 Å². The fourth-order valence-electron chi connectivity index (χ4n) is 1.94. The zero-order chi connectivity index (χ0) is 14.2. The fourth-order valence-corrected chi connectivity index (χ4v) is 1.94. The number of rotatable bonds is 8. The van der Waals surface area contributed by atoms with Crippen LogP contribution in [0.1, 0.15) is 17.7 Å². The molecule has 0 radical (unpaired) electrons. The third-order valence-corrected chi connectivity index (χ3v) is 2.94. The van der Waals surface area contributed by atoms with Crippen molar-refractivity contribution in [3.8, 4) is 0 Å². The number of hydrogen-bond donors (Lipinski definition) is 3.